The molecule has 4 heterocycles. The van der Waals surface area contributed by atoms with Crippen LogP contribution in [0.15, 0.2) is 30.5 Å². The summed E-state index contributed by atoms with van der Waals surface area (Å²) in [6.07, 6.45) is 7.85. The third-order valence-corrected chi connectivity index (χ3v) is 8.10. The Hall–Kier alpha value is -2.54. The topological polar surface area (TPSA) is 62.3 Å². The molecule has 1 aromatic rings. The molecule has 0 saturated carbocycles. The zero-order valence-electron chi connectivity index (χ0n) is 19.8. The summed E-state index contributed by atoms with van der Waals surface area (Å²) in [7, 11) is 0. The number of carbonyl (C=O) groups excluding carboxylic acids is 2. The van der Waals surface area contributed by atoms with Gasteiger partial charge in [-0.3, -0.25) is 4.79 Å². The molecule has 33 heavy (non-hydrogen) atoms. The molecule has 5 rings (SSSR count). The Morgan fingerprint density at radius 3 is 2.55 bits per heavy atom. The predicted molar refractivity (Wildman–Crippen MR) is 126 cm³/mol. The van der Waals surface area contributed by atoms with Crippen molar-refractivity contribution >= 4 is 17.7 Å². The van der Waals surface area contributed by atoms with Crippen molar-refractivity contribution in [2.24, 2.45) is 0 Å². The van der Waals surface area contributed by atoms with Crippen molar-refractivity contribution in [3.8, 4) is 0 Å². The van der Waals surface area contributed by atoms with Crippen LogP contribution in [0.1, 0.15) is 56.6 Å². The second kappa shape index (κ2) is 9.01. The summed E-state index contributed by atoms with van der Waals surface area (Å²) in [4.78, 5) is 30.9. The number of nitrogens with zero attached hydrogens (tertiary/aromatic N) is 3. The van der Waals surface area contributed by atoms with E-state index in [4.69, 9.17) is 9.47 Å². The van der Waals surface area contributed by atoms with Crippen LogP contribution in [0.5, 0.6) is 0 Å². The fraction of sp³-hybridized carbons (Fsp3) is 0.615. The molecule has 0 radical (unpaired) electrons. The van der Waals surface area contributed by atoms with Crippen LogP contribution in [0.4, 0.5) is 10.5 Å². The maximum absolute atomic E-state index is 12.5. The van der Waals surface area contributed by atoms with Gasteiger partial charge in [-0.2, -0.15) is 0 Å². The molecular weight excluding hydrogens is 418 g/mol. The van der Waals surface area contributed by atoms with E-state index in [0.717, 1.165) is 64.1 Å². The molecule has 0 bridgehead atoms. The maximum Gasteiger partial charge on any atom is 0.409 e. The zero-order valence-corrected chi connectivity index (χ0v) is 19.8. The van der Waals surface area contributed by atoms with Gasteiger partial charge in [0.2, 0.25) is 5.91 Å². The summed E-state index contributed by atoms with van der Waals surface area (Å²) >= 11 is 0. The molecule has 2 fully saturated rings. The molecule has 4 aliphatic rings. The fourth-order valence-electron chi connectivity index (χ4n) is 6.14. The summed E-state index contributed by atoms with van der Waals surface area (Å²) < 4.78 is 10.6. The minimum absolute atomic E-state index is 0.0301. The summed E-state index contributed by atoms with van der Waals surface area (Å²) in [5, 5.41) is 0. The van der Waals surface area contributed by atoms with Crippen molar-refractivity contribution < 1.29 is 19.1 Å². The number of carbonyl (C=O) groups is 2. The number of fused-ring (bicyclic) bond motifs is 2. The molecule has 1 aromatic carbocycles. The predicted octanol–water partition coefficient (Wildman–Crippen LogP) is 3.64. The molecule has 178 valence electrons. The van der Waals surface area contributed by atoms with Gasteiger partial charge in [0.1, 0.15) is 0 Å². The van der Waals surface area contributed by atoms with Crippen LogP contribution >= 0.6 is 0 Å². The highest BCUT2D eigenvalue weighted by Gasteiger charge is 2.47. The van der Waals surface area contributed by atoms with Gasteiger partial charge in [0.15, 0.2) is 0 Å². The zero-order chi connectivity index (χ0) is 23.0. The minimum Gasteiger partial charge on any atom is -0.501 e. The number of anilines is 1. The van der Waals surface area contributed by atoms with Crippen molar-refractivity contribution in [1.82, 2.24) is 9.80 Å². The largest absolute Gasteiger partial charge is 0.501 e. The van der Waals surface area contributed by atoms with Crippen LogP contribution in [0, 0.1) is 0 Å². The highest BCUT2D eigenvalue weighted by atomic mass is 16.6. The quantitative estimate of drug-likeness (QED) is 0.699. The molecule has 1 atom stereocenters. The first kappa shape index (κ1) is 22.3. The Bertz CT molecular complexity index is 929. The first-order valence-corrected chi connectivity index (χ1v) is 12.4. The molecule has 0 aromatic heterocycles. The van der Waals surface area contributed by atoms with E-state index in [1.165, 1.54) is 11.1 Å². The van der Waals surface area contributed by atoms with Crippen molar-refractivity contribution in [2.75, 3.05) is 50.8 Å². The van der Waals surface area contributed by atoms with Gasteiger partial charge in [0.25, 0.3) is 0 Å². The number of rotatable bonds is 3. The van der Waals surface area contributed by atoms with Crippen molar-refractivity contribution in [2.45, 2.75) is 56.9 Å². The monoisotopic (exact) mass is 453 g/mol. The lowest BCUT2D eigenvalue weighted by molar-refractivity contribution is -0.116. The lowest BCUT2D eigenvalue weighted by Crippen LogP contribution is -2.52. The van der Waals surface area contributed by atoms with Gasteiger partial charge in [-0.25, -0.2) is 4.79 Å². The maximum atomic E-state index is 12.5. The first-order valence-electron chi connectivity index (χ1n) is 12.4. The van der Waals surface area contributed by atoms with Gasteiger partial charge in [-0.05, 0) is 69.0 Å². The molecule has 2 saturated heterocycles. The van der Waals surface area contributed by atoms with E-state index in [1.807, 2.05) is 16.7 Å². The fourth-order valence-corrected chi connectivity index (χ4v) is 6.14. The molecular formula is C26H35N3O4. The molecule has 7 heteroatoms. The number of ether oxygens (including phenoxy) is 2. The second-order valence-electron chi connectivity index (χ2n) is 9.88. The lowest BCUT2D eigenvalue weighted by Gasteiger charge is -2.45. The standard InChI is InChI=1S/C26H35N3O4/c1-3-33-25(31)28-11-6-22(7-12-28)27-13-9-26(10-14-27)18-29(19(2)30)24-5-4-20(16-23(24)26)21-8-15-32-17-21/h4-5,8,15-16,21-22H,3,6-7,9-14,17-18H2,1-2H3. The van der Waals surface area contributed by atoms with E-state index in [9.17, 15) is 9.59 Å². The van der Waals surface area contributed by atoms with E-state index in [0.29, 0.717) is 25.2 Å². The molecule has 4 aliphatic heterocycles. The van der Waals surface area contributed by atoms with Crippen LogP contribution in [-0.4, -0.2) is 73.8 Å². The number of hydrogen-bond donors (Lipinski definition) is 0. The van der Waals surface area contributed by atoms with Crippen LogP contribution in [0.2, 0.25) is 0 Å². The van der Waals surface area contributed by atoms with E-state index in [-0.39, 0.29) is 17.4 Å². The number of hydrogen-bond acceptors (Lipinski definition) is 5. The summed E-state index contributed by atoms with van der Waals surface area (Å²) in [5.74, 6) is 0.419. The summed E-state index contributed by atoms with van der Waals surface area (Å²) in [6.45, 7) is 9.04. The van der Waals surface area contributed by atoms with Crippen LogP contribution in [0.25, 0.3) is 0 Å². The van der Waals surface area contributed by atoms with Crippen LogP contribution in [0.3, 0.4) is 0 Å². The van der Waals surface area contributed by atoms with Crippen LogP contribution in [-0.2, 0) is 19.7 Å². The second-order valence-corrected chi connectivity index (χ2v) is 9.88. The Kier molecular flexibility index (Phi) is 6.08. The number of amides is 2. The third-order valence-electron chi connectivity index (χ3n) is 8.10. The van der Waals surface area contributed by atoms with Gasteiger partial charge < -0.3 is 24.2 Å². The SMILES string of the molecule is CCOC(=O)N1CCC(N2CCC3(CC2)CN(C(C)=O)c2ccc(C4C=COC4)cc23)CC1. The van der Waals surface area contributed by atoms with E-state index in [1.54, 1.807) is 13.2 Å². The van der Waals surface area contributed by atoms with Gasteiger partial charge in [0, 0.05) is 49.6 Å². The smallest absolute Gasteiger partial charge is 0.409 e. The van der Waals surface area contributed by atoms with Gasteiger partial charge in [0.05, 0.1) is 19.5 Å². The van der Waals surface area contributed by atoms with Gasteiger partial charge in [-0.1, -0.05) is 12.1 Å². The molecule has 0 N–H and O–H groups in total. The van der Waals surface area contributed by atoms with Gasteiger partial charge in [-0.15, -0.1) is 0 Å². The Balaban J connectivity index is 1.28. The average Bonchev–Trinajstić information content (AvgIpc) is 3.47. The number of likely N-dealkylation sites (tertiary alicyclic amines) is 2. The van der Waals surface area contributed by atoms with Crippen molar-refractivity contribution in [3.05, 3.63) is 41.7 Å². The number of piperidine rings is 2. The summed E-state index contributed by atoms with van der Waals surface area (Å²) in [5.41, 5.74) is 3.74. The lowest BCUT2D eigenvalue weighted by atomic mass is 9.73. The van der Waals surface area contributed by atoms with Crippen molar-refractivity contribution in [1.29, 1.82) is 0 Å². The Morgan fingerprint density at radius 1 is 1.15 bits per heavy atom. The highest BCUT2D eigenvalue weighted by Crippen LogP contribution is 2.48. The molecule has 1 spiro atoms. The molecule has 7 nitrogen and oxygen atoms in total. The van der Waals surface area contributed by atoms with E-state index in [2.05, 4.69) is 29.2 Å². The minimum atomic E-state index is -0.182. The average molecular weight is 454 g/mol. The molecule has 0 aliphatic carbocycles. The van der Waals surface area contributed by atoms with Crippen LogP contribution < -0.4 is 4.90 Å². The Morgan fingerprint density at radius 2 is 1.91 bits per heavy atom. The molecule has 2 amide bonds. The molecule has 1 unspecified atom stereocenters. The first-order chi connectivity index (χ1) is 16.0. The Labute approximate surface area is 196 Å². The summed E-state index contributed by atoms with van der Waals surface area (Å²) in [6, 6.07) is 7.16. The van der Waals surface area contributed by atoms with Gasteiger partial charge >= 0.3 is 6.09 Å². The third kappa shape index (κ3) is 4.12. The normalized spacial score (nSPS) is 24.7. The van der Waals surface area contributed by atoms with E-state index >= 15 is 0 Å². The van der Waals surface area contributed by atoms with E-state index < -0.39 is 0 Å². The number of benzene rings is 1. The highest BCUT2D eigenvalue weighted by molar-refractivity contribution is 5.94. The van der Waals surface area contributed by atoms with Crippen molar-refractivity contribution in [3.63, 3.8) is 0 Å².